The molecule has 0 bridgehead atoms. The molecule has 0 unspecified atom stereocenters. The zero-order chi connectivity index (χ0) is 13.1. The molecule has 17 heavy (non-hydrogen) atoms. The number of nitrogens with one attached hydrogen (secondary N) is 1. The van der Waals surface area contributed by atoms with E-state index in [0.29, 0.717) is 0 Å². The minimum atomic E-state index is -4.39. The average Bonchev–Trinajstić information content (AvgIpc) is 2.20. The smallest absolute Gasteiger partial charge is 0.401 e. The van der Waals surface area contributed by atoms with E-state index in [1.54, 1.807) is 0 Å². The molecule has 0 amide bonds. The fourth-order valence-corrected chi connectivity index (χ4v) is 1.20. The van der Waals surface area contributed by atoms with E-state index in [1.165, 1.54) is 7.11 Å². The molecule has 0 radical (unpaired) electrons. The highest BCUT2D eigenvalue weighted by atomic mass is 19.4. The number of rotatable bonds is 4. The first kappa shape index (κ1) is 13.7. The summed E-state index contributed by atoms with van der Waals surface area (Å²) >= 11 is 0. The van der Waals surface area contributed by atoms with E-state index in [-0.39, 0.29) is 11.3 Å². The van der Waals surface area contributed by atoms with E-state index in [2.05, 4.69) is 4.74 Å². The minimum Gasteiger partial charge on any atom is -0.494 e. The molecule has 0 saturated heterocycles. The van der Waals surface area contributed by atoms with Crippen molar-refractivity contribution in [2.75, 3.05) is 13.7 Å². The van der Waals surface area contributed by atoms with E-state index in [1.807, 2.05) is 5.32 Å². The van der Waals surface area contributed by atoms with E-state index in [9.17, 15) is 22.0 Å². The van der Waals surface area contributed by atoms with Gasteiger partial charge in [-0.3, -0.25) is 0 Å². The molecule has 0 spiro atoms. The van der Waals surface area contributed by atoms with Gasteiger partial charge in [-0.25, -0.2) is 8.78 Å². The van der Waals surface area contributed by atoms with Crippen LogP contribution >= 0.6 is 0 Å². The zero-order valence-corrected chi connectivity index (χ0v) is 8.87. The maximum absolute atomic E-state index is 13.3. The van der Waals surface area contributed by atoms with Crippen molar-refractivity contribution in [3.63, 3.8) is 0 Å². The Balaban J connectivity index is 2.69. The Kier molecular flexibility index (Phi) is 4.28. The summed E-state index contributed by atoms with van der Waals surface area (Å²) in [6, 6.07) is 1.59. The van der Waals surface area contributed by atoms with Crippen LogP contribution in [0.5, 0.6) is 5.75 Å². The molecule has 96 valence electrons. The van der Waals surface area contributed by atoms with E-state index < -0.39 is 30.9 Å². The number of alkyl halides is 3. The van der Waals surface area contributed by atoms with Crippen molar-refractivity contribution in [2.45, 2.75) is 12.7 Å². The van der Waals surface area contributed by atoms with Gasteiger partial charge in [0.2, 0.25) is 0 Å². The van der Waals surface area contributed by atoms with Crippen molar-refractivity contribution in [1.29, 1.82) is 0 Å². The Morgan fingerprint density at radius 2 is 1.82 bits per heavy atom. The van der Waals surface area contributed by atoms with Crippen molar-refractivity contribution >= 4 is 0 Å². The molecule has 0 aromatic heterocycles. The summed E-state index contributed by atoms with van der Waals surface area (Å²) in [6.45, 7) is -1.67. The van der Waals surface area contributed by atoms with Crippen LogP contribution in [0.25, 0.3) is 0 Å². The average molecular weight is 255 g/mol. The van der Waals surface area contributed by atoms with Crippen molar-refractivity contribution in [3.8, 4) is 5.75 Å². The molecule has 0 aliphatic rings. The third-order valence-electron chi connectivity index (χ3n) is 1.96. The maximum Gasteiger partial charge on any atom is 0.401 e. The van der Waals surface area contributed by atoms with Gasteiger partial charge in [-0.15, -0.1) is 0 Å². The molecule has 2 nitrogen and oxygen atoms in total. The van der Waals surface area contributed by atoms with E-state index in [0.717, 1.165) is 12.1 Å². The summed E-state index contributed by atoms with van der Waals surface area (Å²) in [4.78, 5) is 0. The lowest BCUT2D eigenvalue weighted by Gasteiger charge is -2.10. The summed E-state index contributed by atoms with van der Waals surface area (Å²) < 4.78 is 66.4. The lowest BCUT2D eigenvalue weighted by molar-refractivity contribution is -0.125. The molecule has 0 aliphatic carbocycles. The van der Waals surface area contributed by atoms with E-state index >= 15 is 0 Å². The quantitative estimate of drug-likeness (QED) is 0.835. The number of hydrogen-bond donors (Lipinski definition) is 1. The monoisotopic (exact) mass is 255 g/mol. The second-order valence-corrected chi connectivity index (χ2v) is 3.30. The molecule has 0 aliphatic heterocycles. The number of methoxy groups -OCH3 is 1. The third kappa shape index (κ3) is 4.18. The molecule has 7 heteroatoms. The van der Waals surface area contributed by atoms with Gasteiger partial charge in [0.25, 0.3) is 0 Å². The molecule has 1 rings (SSSR count). The Bertz CT molecular complexity index is 391. The Morgan fingerprint density at radius 1 is 1.18 bits per heavy atom. The molecule has 0 saturated carbocycles. The Morgan fingerprint density at radius 3 is 2.35 bits per heavy atom. The lowest BCUT2D eigenvalue weighted by Crippen LogP contribution is -2.28. The number of benzene rings is 1. The van der Waals surface area contributed by atoms with Crippen LogP contribution in [0.4, 0.5) is 22.0 Å². The summed E-state index contributed by atoms with van der Waals surface area (Å²) in [6.07, 6.45) is -4.39. The van der Waals surface area contributed by atoms with Gasteiger partial charge >= 0.3 is 6.18 Å². The molecule has 0 atom stereocenters. The topological polar surface area (TPSA) is 21.3 Å². The fraction of sp³-hybridized carbons (Fsp3) is 0.400. The van der Waals surface area contributed by atoms with Crippen molar-refractivity contribution in [1.82, 2.24) is 5.32 Å². The highest BCUT2D eigenvalue weighted by Gasteiger charge is 2.26. The van der Waals surface area contributed by atoms with Gasteiger partial charge in [-0.05, 0) is 6.07 Å². The van der Waals surface area contributed by atoms with Crippen molar-refractivity contribution in [2.24, 2.45) is 0 Å². The molecule has 1 N–H and O–H groups in total. The Labute approximate surface area is 94.4 Å². The first-order chi connectivity index (χ1) is 7.83. The first-order valence-electron chi connectivity index (χ1n) is 4.63. The molecule has 0 fully saturated rings. The predicted octanol–water partition coefficient (Wildman–Crippen LogP) is 2.63. The Hall–Kier alpha value is -1.37. The predicted molar refractivity (Wildman–Crippen MR) is 50.7 cm³/mol. The summed E-state index contributed by atoms with van der Waals surface area (Å²) in [5.41, 5.74) is -0.187. The second-order valence-electron chi connectivity index (χ2n) is 3.30. The van der Waals surface area contributed by atoms with Gasteiger partial charge in [0.1, 0.15) is 5.82 Å². The van der Waals surface area contributed by atoms with Crippen molar-refractivity contribution in [3.05, 3.63) is 29.3 Å². The largest absolute Gasteiger partial charge is 0.494 e. The van der Waals surface area contributed by atoms with Crippen LogP contribution in [0.1, 0.15) is 5.56 Å². The number of halogens is 5. The van der Waals surface area contributed by atoms with Crippen LogP contribution in [-0.2, 0) is 6.54 Å². The SMILES string of the molecule is COc1cc(F)c(CNCC(F)(F)F)cc1F. The first-order valence-corrected chi connectivity index (χ1v) is 4.63. The number of hydrogen-bond acceptors (Lipinski definition) is 2. The zero-order valence-electron chi connectivity index (χ0n) is 8.87. The summed E-state index contributed by atoms with van der Waals surface area (Å²) in [5, 5.41) is 1.97. The normalized spacial score (nSPS) is 11.6. The minimum absolute atomic E-state index is 0.187. The molecule has 0 heterocycles. The van der Waals surface area contributed by atoms with Gasteiger partial charge in [0.15, 0.2) is 11.6 Å². The van der Waals surface area contributed by atoms with Gasteiger partial charge in [0, 0.05) is 18.2 Å². The molecular formula is C10H10F5NO. The van der Waals surface area contributed by atoms with Crippen LogP contribution < -0.4 is 10.1 Å². The van der Waals surface area contributed by atoms with E-state index in [4.69, 9.17) is 0 Å². The third-order valence-corrected chi connectivity index (χ3v) is 1.96. The van der Waals surface area contributed by atoms with Gasteiger partial charge < -0.3 is 10.1 Å². The second kappa shape index (κ2) is 5.31. The maximum atomic E-state index is 13.3. The van der Waals surface area contributed by atoms with Crippen LogP contribution in [0.15, 0.2) is 12.1 Å². The van der Waals surface area contributed by atoms with Gasteiger partial charge in [0.05, 0.1) is 13.7 Å². The van der Waals surface area contributed by atoms with Crippen LogP contribution in [0.2, 0.25) is 0 Å². The standard InChI is InChI=1S/C10H10F5NO/c1-17-9-3-7(11)6(2-8(9)12)4-16-5-10(13,14)15/h2-3,16H,4-5H2,1H3. The van der Waals surface area contributed by atoms with Crippen LogP contribution in [0.3, 0.4) is 0 Å². The summed E-state index contributed by atoms with van der Waals surface area (Å²) in [7, 11) is 1.17. The molecule has 1 aromatic rings. The van der Waals surface area contributed by atoms with Gasteiger partial charge in [-0.2, -0.15) is 13.2 Å². The molecule has 1 aromatic carbocycles. The highest BCUT2D eigenvalue weighted by molar-refractivity contribution is 5.30. The van der Waals surface area contributed by atoms with Crippen LogP contribution in [0, 0.1) is 11.6 Å². The lowest BCUT2D eigenvalue weighted by atomic mass is 10.2. The number of ether oxygens (including phenoxy) is 1. The van der Waals surface area contributed by atoms with Crippen molar-refractivity contribution < 1.29 is 26.7 Å². The summed E-state index contributed by atoms with van der Waals surface area (Å²) in [5.74, 6) is -1.93. The van der Waals surface area contributed by atoms with Gasteiger partial charge in [-0.1, -0.05) is 0 Å². The molecular weight excluding hydrogens is 245 g/mol. The fourth-order valence-electron chi connectivity index (χ4n) is 1.20. The highest BCUT2D eigenvalue weighted by Crippen LogP contribution is 2.21. The van der Waals surface area contributed by atoms with Crippen LogP contribution in [-0.4, -0.2) is 19.8 Å².